The predicted octanol–water partition coefficient (Wildman–Crippen LogP) is 7.12. The molecular weight excluding hydrogens is 649 g/mol. The van der Waals surface area contributed by atoms with E-state index in [9.17, 15) is 44.3 Å². The van der Waals surface area contributed by atoms with Gasteiger partial charge in [0.2, 0.25) is 0 Å². The number of anilines is 2. The third-order valence-corrected chi connectivity index (χ3v) is 7.44. The standard InChI is InChI=1S/C29H24F9N7O2/c1-3-20-12-24(22-13-21(47-29(36,37)38)6-7-23(22)45(20)25(46)17-5-4-8-39-14-17)44(26-40-42-43(2)41-26)15-16-9-18(27(30,31)32)11-19(10-16)28(33,34)35/h4-11,13-14,20,24H,3,12,15H2,1-2H3. The van der Waals surface area contributed by atoms with Crippen LogP contribution in [-0.2, 0) is 25.9 Å². The number of aromatic nitrogens is 5. The van der Waals surface area contributed by atoms with Crippen molar-refractivity contribution >= 4 is 17.5 Å². The van der Waals surface area contributed by atoms with Crippen molar-refractivity contribution in [2.75, 3.05) is 9.80 Å². The number of nitrogens with zero attached hydrogens (tertiary/aromatic N) is 7. The maximum absolute atomic E-state index is 13.8. The van der Waals surface area contributed by atoms with Crippen LogP contribution in [0.2, 0.25) is 0 Å². The number of rotatable bonds is 7. The number of alkyl halides is 9. The summed E-state index contributed by atoms with van der Waals surface area (Å²) < 4.78 is 126. The first-order valence-electron chi connectivity index (χ1n) is 13.9. The number of pyridine rings is 1. The van der Waals surface area contributed by atoms with E-state index >= 15 is 0 Å². The van der Waals surface area contributed by atoms with Crippen LogP contribution in [0, 0.1) is 0 Å². The van der Waals surface area contributed by atoms with Gasteiger partial charge in [0.15, 0.2) is 0 Å². The predicted molar refractivity (Wildman–Crippen MR) is 147 cm³/mol. The fraction of sp³-hybridized carbons (Fsp3) is 0.345. The Morgan fingerprint density at radius 1 is 0.979 bits per heavy atom. The van der Waals surface area contributed by atoms with Gasteiger partial charge in [-0.2, -0.15) is 31.1 Å². The van der Waals surface area contributed by atoms with Crippen LogP contribution < -0.4 is 14.5 Å². The Balaban J connectivity index is 1.69. The first kappa shape index (κ1) is 33.5. The van der Waals surface area contributed by atoms with Crippen molar-refractivity contribution in [1.29, 1.82) is 0 Å². The summed E-state index contributed by atoms with van der Waals surface area (Å²) in [4.78, 5) is 21.3. The Labute approximate surface area is 260 Å². The van der Waals surface area contributed by atoms with Crippen LogP contribution in [0.4, 0.5) is 51.1 Å². The zero-order valence-electron chi connectivity index (χ0n) is 24.4. The quantitative estimate of drug-likeness (QED) is 0.193. The highest BCUT2D eigenvalue weighted by atomic mass is 19.4. The van der Waals surface area contributed by atoms with E-state index < -0.39 is 65.7 Å². The average molecular weight is 674 g/mol. The van der Waals surface area contributed by atoms with Gasteiger partial charge in [-0.1, -0.05) is 12.0 Å². The average Bonchev–Trinajstić information content (AvgIpc) is 3.43. The maximum atomic E-state index is 13.8. The molecule has 2 atom stereocenters. The van der Waals surface area contributed by atoms with Crippen LogP contribution in [0.3, 0.4) is 0 Å². The van der Waals surface area contributed by atoms with Crippen molar-refractivity contribution in [3.63, 3.8) is 0 Å². The Bertz CT molecular complexity index is 1710. The van der Waals surface area contributed by atoms with Crippen LogP contribution in [0.25, 0.3) is 0 Å². The van der Waals surface area contributed by atoms with Gasteiger partial charge in [-0.3, -0.25) is 9.78 Å². The third-order valence-electron chi connectivity index (χ3n) is 7.44. The van der Waals surface area contributed by atoms with Crippen LogP contribution >= 0.6 is 0 Å². The minimum atomic E-state index is -5.13. The topological polar surface area (TPSA) is 89.3 Å². The molecule has 0 spiro atoms. The summed E-state index contributed by atoms with van der Waals surface area (Å²) >= 11 is 0. The first-order chi connectivity index (χ1) is 21.9. The minimum Gasteiger partial charge on any atom is -0.406 e. The van der Waals surface area contributed by atoms with Gasteiger partial charge in [0.1, 0.15) is 5.75 Å². The molecule has 47 heavy (non-hydrogen) atoms. The number of tetrazole rings is 1. The molecule has 0 radical (unpaired) electrons. The molecule has 0 bridgehead atoms. The van der Waals surface area contributed by atoms with E-state index in [4.69, 9.17) is 0 Å². The number of ether oxygens (including phenoxy) is 1. The van der Waals surface area contributed by atoms with Crippen LogP contribution in [0.5, 0.6) is 5.75 Å². The number of hydrogen-bond donors (Lipinski definition) is 0. The summed E-state index contributed by atoms with van der Waals surface area (Å²) in [6.07, 6.45) is -12.4. The zero-order valence-corrected chi connectivity index (χ0v) is 24.4. The highest BCUT2D eigenvalue weighted by molar-refractivity contribution is 6.07. The van der Waals surface area contributed by atoms with Gasteiger partial charge >= 0.3 is 18.7 Å². The molecule has 2 unspecified atom stereocenters. The summed E-state index contributed by atoms with van der Waals surface area (Å²) in [7, 11) is 1.37. The second-order valence-electron chi connectivity index (χ2n) is 10.6. The van der Waals surface area contributed by atoms with E-state index in [0.717, 1.165) is 16.9 Å². The lowest BCUT2D eigenvalue weighted by Crippen LogP contribution is -2.47. The van der Waals surface area contributed by atoms with Gasteiger partial charge in [0.05, 0.1) is 29.8 Å². The SMILES string of the molecule is CCC1CC(N(Cc2cc(C(F)(F)F)cc(C(F)(F)F)c2)c2nnn(C)n2)c2cc(OC(F)(F)F)ccc2N1C(=O)c1cccnc1. The molecule has 2 aromatic carbocycles. The molecule has 3 heterocycles. The van der Waals surface area contributed by atoms with E-state index in [1.807, 2.05) is 0 Å². The van der Waals surface area contributed by atoms with Crippen molar-refractivity contribution in [1.82, 2.24) is 25.2 Å². The van der Waals surface area contributed by atoms with Gasteiger partial charge in [-0.15, -0.1) is 18.3 Å². The smallest absolute Gasteiger partial charge is 0.406 e. The number of fused-ring (bicyclic) bond motifs is 1. The molecule has 5 rings (SSSR count). The molecule has 0 fully saturated rings. The second-order valence-corrected chi connectivity index (χ2v) is 10.6. The Hall–Kier alpha value is -4.90. The number of carbonyl (C=O) groups is 1. The normalized spacial score (nSPS) is 17.0. The Kier molecular flexibility index (Phi) is 8.81. The van der Waals surface area contributed by atoms with Gasteiger partial charge in [0.25, 0.3) is 11.9 Å². The molecule has 250 valence electrons. The first-order valence-corrected chi connectivity index (χ1v) is 13.9. The molecule has 4 aromatic rings. The molecule has 1 amide bonds. The lowest BCUT2D eigenvalue weighted by molar-refractivity contribution is -0.274. The lowest BCUT2D eigenvalue weighted by atomic mass is 9.87. The van der Waals surface area contributed by atoms with Gasteiger partial charge in [0, 0.05) is 36.2 Å². The van der Waals surface area contributed by atoms with Crippen LogP contribution in [0.15, 0.2) is 60.9 Å². The molecule has 0 saturated heterocycles. The summed E-state index contributed by atoms with van der Waals surface area (Å²) in [5, 5.41) is 11.8. The Morgan fingerprint density at radius 2 is 1.66 bits per heavy atom. The number of benzene rings is 2. The molecule has 1 aliphatic rings. The molecular formula is C29H24F9N7O2. The van der Waals surface area contributed by atoms with E-state index in [0.29, 0.717) is 18.6 Å². The summed E-state index contributed by atoms with van der Waals surface area (Å²) in [5.74, 6) is -1.44. The second kappa shape index (κ2) is 12.4. The minimum absolute atomic E-state index is 0.0138. The molecule has 0 aliphatic carbocycles. The largest absolute Gasteiger partial charge is 0.573 e. The molecule has 0 N–H and O–H groups in total. The fourth-order valence-electron chi connectivity index (χ4n) is 5.47. The summed E-state index contributed by atoms with van der Waals surface area (Å²) in [6.45, 7) is 1.09. The van der Waals surface area contributed by atoms with Crippen LogP contribution in [-0.4, -0.2) is 43.5 Å². The summed E-state index contributed by atoms with van der Waals surface area (Å²) in [6, 6.07) is 5.59. The van der Waals surface area contributed by atoms with E-state index in [1.165, 1.54) is 47.4 Å². The van der Waals surface area contributed by atoms with E-state index in [1.54, 1.807) is 6.92 Å². The van der Waals surface area contributed by atoms with Crippen molar-refractivity contribution in [3.8, 4) is 5.75 Å². The van der Waals surface area contributed by atoms with Gasteiger partial charge in [-0.25, -0.2) is 0 Å². The molecule has 18 heteroatoms. The number of amides is 1. The molecule has 2 aromatic heterocycles. The van der Waals surface area contributed by atoms with Gasteiger partial charge in [-0.05, 0) is 72.1 Å². The van der Waals surface area contributed by atoms with Crippen molar-refractivity contribution in [2.45, 2.75) is 57.1 Å². The van der Waals surface area contributed by atoms with Crippen LogP contribution in [0.1, 0.15) is 58.4 Å². The monoisotopic (exact) mass is 673 g/mol. The van der Waals surface area contributed by atoms with Crippen molar-refractivity contribution < 1.29 is 49.0 Å². The van der Waals surface area contributed by atoms with E-state index in [2.05, 4.69) is 25.1 Å². The van der Waals surface area contributed by atoms with Gasteiger partial charge < -0.3 is 14.5 Å². The highest BCUT2D eigenvalue weighted by Crippen LogP contribution is 2.46. The number of hydrogen-bond acceptors (Lipinski definition) is 7. The highest BCUT2D eigenvalue weighted by Gasteiger charge is 2.42. The molecule has 0 saturated carbocycles. The van der Waals surface area contributed by atoms with E-state index in [-0.39, 0.29) is 35.2 Å². The third kappa shape index (κ3) is 7.41. The fourth-order valence-corrected chi connectivity index (χ4v) is 5.47. The van der Waals surface area contributed by atoms with Crippen molar-refractivity contribution in [3.05, 3.63) is 88.7 Å². The number of aryl methyl sites for hydroxylation is 1. The lowest BCUT2D eigenvalue weighted by Gasteiger charge is -2.44. The molecule has 9 nitrogen and oxygen atoms in total. The summed E-state index contributed by atoms with van der Waals surface area (Å²) in [5.41, 5.74) is -3.21. The van der Waals surface area contributed by atoms with Crippen molar-refractivity contribution in [2.24, 2.45) is 7.05 Å². The Morgan fingerprint density at radius 3 is 2.19 bits per heavy atom. The molecule has 1 aliphatic heterocycles. The number of carbonyl (C=O) groups excluding carboxylic acids is 1. The maximum Gasteiger partial charge on any atom is 0.573 e. The number of halogens is 9. The zero-order chi connectivity index (χ0) is 34.3.